The lowest BCUT2D eigenvalue weighted by Crippen LogP contribution is -2.54. The number of carbonyl (C=O) groups is 3. The molecule has 3 amide bonds. The van der Waals surface area contributed by atoms with Gasteiger partial charge in [0.15, 0.2) is 0 Å². The Bertz CT molecular complexity index is 728. The first-order valence-corrected chi connectivity index (χ1v) is 10.1. The Hall–Kier alpha value is -3.08. The van der Waals surface area contributed by atoms with E-state index in [0.717, 1.165) is 5.56 Å². The van der Waals surface area contributed by atoms with E-state index in [1.54, 1.807) is 0 Å². The van der Waals surface area contributed by atoms with Gasteiger partial charge in [-0.25, -0.2) is 4.79 Å². The van der Waals surface area contributed by atoms with Crippen LogP contribution in [0, 0.1) is 23.2 Å². The maximum absolute atomic E-state index is 12.8. The predicted octanol–water partition coefficient (Wildman–Crippen LogP) is 2.50. The fourth-order valence-corrected chi connectivity index (χ4v) is 2.84. The SMILES string of the molecule is CC(C)CC(NC(=O)OCc1ccccc1)C(=O)NC(CC(C)C)C(=O)NCC#N. The molecule has 2 unspecified atom stereocenters. The van der Waals surface area contributed by atoms with Gasteiger partial charge in [0, 0.05) is 0 Å². The van der Waals surface area contributed by atoms with E-state index in [4.69, 9.17) is 10.00 Å². The average Bonchev–Trinajstić information content (AvgIpc) is 2.69. The highest BCUT2D eigenvalue weighted by atomic mass is 16.5. The molecule has 1 aromatic rings. The minimum absolute atomic E-state index is 0.0925. The largest absolute Gasteiger partial charge is 0.445 e. The molecule has 30 heavy (non-hydrogen) atoms. The van der Waals surface area contributed by atoms with Gasteiger partial charge in [-0.2, -0.15) is 5.26 Å². The Kier molecular flexibility index (Phi) is 11.0. The van der Waals surface area contributed by atoms with Crippen LogP contribution in [0.1, 0.15) is 46.1 Å². The number of hydrogen-bond acceptors (Lipinski definition) is 5. The average molecular weight is 417 g/mol. The number of nitriles is 1. The van der Waals surface area contributed by atoms with Crippen molar-refractivity contribution in [2.75, 3.05) is 6.54 Å². The Morgan fingerprint density at radius 1 is 0.933 bits per heavy atom. The standard InChI is InChI=1S/C22H32N4O4/c1-15(2)12-18(20(27)24-11-10-23)25-21(28)19(13-16(3)4)26-22(29)30-14-17-8-6-5-7-9-17/h5-9,15-16,18-19H,11-14H2,1-4H3,(H,24,27)(H,25,28)(H,26,29). The van der Waals surface area contributed by atoms with E-state index in [9.17, 15) is 14.4 Å². The Balaban J connectivity index is 2.75. The first-order chi connectivity index (χ1) is 14.2. The molecule has 8 nitrogen and oxygen atoms in total. The second-order valence-electron chi connectivity index (χ2n) is 7.95. The topological polar surface area (TPSA) is 120 Å². The molecule has 8 heteroatoms. The summed E-state index contributed by atoms with van der Waals surface area (Å²) in [7, 11) is 0. The van der Waals surface area contributed by atoms with Gasteiger partial charge in [-0.1, -0.05) is 58.0 Å². The summed E-state index contributed by atoms with van der Waals surface area (Å²) in [6.07, 6.45) is 0.102. The lowest BCUT2D eigenvalue weighted by Gasteiger charge is -2.24. The monoisotopic (exact) mass is 416 g/mol. The summed E-state index contributed by atoms with van der Waals surface area (Å²) in [5.41, 5.74) is 0.837. The Labute approximate surface area is 178 Å². The highest BCUT2D eigenvalue weighted by Gasteiger charge is 2.28. The minimum atomic E-state index is -0.841. The minimum Gasteiger partial charge on any atom is -0.445 e. The maximum atomic E-state index is 12.8. The number of hydrogen-bond donors (Lipinski definition) is 3. The third kappa shape index (κ3) is 9.92. The predicted molar refractivity (Wildman–Crippen MR) is 113 cm³/mol. The number of ether oxygens (including phenoxy) is 1. The highest BCUT2D eigenvalue weighted by Crippen LogP contribution is 2.09. The number of alkyl carbamates (subject to hydrolysis) is 1. The van der Waals surface area contributed by atoms with Crippen LogP contribution in [-0.4, -0.2) is 36.5 Å². The van der Waals surface area contributed by atoms with Crippen LogP contribution in [0.15, 0.2) is 30.3 Å². The lowest BCUT2D eigenvalue weighted by molar-refractivity contribution is -0.130. The van der Waals surface area contributed by atoms with Crippen LogP contribution in [-0.2, 0) is 20.9 Å². The lowest BCUT2D eigenvalue weighted by atomic mass is 10.00. The first kappa shape index (κ1) is 25.0. The van der Waals surface area contributed by atoms with Crippen LogP contribution >= 0.6 is 0 Å². The molecule has 1 rings (SSSR count). The van der Waals surface area contributed by atoms with Gasteiger partial charge in [-0.3, -0.25) is 9.59 Å². The normalized spacial score (nSPS) is 12.6. The molecule has 0 heterocycles. The molecule has 0 spiro atoms. The van der Waals surface area contributed by atoms with Gasteiger partial charge < -0.3 is 20.7 Å². The molecule has 164 valence electrons. The summed E-state index contributed by atoms with van der Waals surface area (Å²) < 4.78 is 5.22. The molecule has 0 aliphatic carbocycles. The van der Waals surface area contributed by atoms with E-state index in [0.29, 0.717) is 12.8 Å². The zero-order valence-corrected chi connectivity index (χ0v) is 18.1. The maximum Gasteiger partial charge on any atom is 0.408 e. The van der Waals surface area contributed by atoms with Crippen molar-refractivity contribution in [1.29, 1.82) is 5.26 Å². The molecule has 0 saturated heterocycles. The zero-order valence-electron chi connectivity index (χ0n) is 18.1. The smallest absolute Gasteiger partial charge is 0.408 e. The van der Waals surface area contributed by atoms with Crippen LogP contribution in [0.5, 0.6) is 0 Å². The molecule has 0 fully saturated rings. The van der Waals surface area contributed by atoms with Crippen molar-refractivity contribution in [3.8, 4) is 6.07 Å². The fourth-order valence-electron chi connectivity index (χ4n) is 2.84. The van der Waals surface area contributed by atoms with Gasteiger partial charge in [0.25, 0.3) is 0 Å². The molecule has 0 aliphatic heterocycles. The van der Waals surface area contributed by atoms with Crippen molar-refractivity contribution in [1.82, 2.24) is 16.0 Å². The molecule has 0 radical (unpaired) electrons. The van der Waals surface area contributed by atoms with Crippen molar-refractivity contribution in [2.24, 2.45) is 11.8 Å². The molecular formula is C22H32N4O4. The van der Waals surface area contributed by atoms with Gasteiger partial charge in [0.2, 0.25) is 11.8 Å². The molecule has 0 aliphatic rings. The van der Waals surface area contributed by atoms with E-state index in [1.165, 1.54) is 0 Å². The van der Waals surface area contributed by atoms with E-state index in [-0.39, 0.29) is 25.0 Å². The molecule has 0 bridgehead atoms. The van der Waals surface area contributed by atoms with E-state index in [2.05, 4.69) is 16.0 Å². The first-order valence-electron chi connectivity index (χ1n) is 10.1. The Morgan fingerprint density at radius 2 is 1.50 bits per heavy atom. The second-order valence-corrected chi connectivity index (χ2v) is 7.95. The number of carbonyl (C=O) groups excluding carboxylic acids is 3. The van der Waals surface area contributed by atoms with Crippen molar-refractivity contribution in [2.45, 2.75) is 59.2 Å². The molecule has 3 N–H and O–H groups in total. The van der Waals surface area contributed by atoms with Crippen LogP contribution < -0.4 is 16.0 Å². The Morgan fingerprint density at radius 3 is 2.03 bits per heavy atom. The number of nitrogens with zero attached hydrogens (tertiary/aromatic N) is 1. The van der Waals surface area contributed by atoms with Crippen LogP contribution in [0.25, 0.3) is 0 Å². The van der Waals surface area contributed by atoms with Crippen molar-refractivity contribution >= 4 is 17.9 Å². The summed E-state index contributed by atoms with van der Waals surface area (Å²) in [6, 6.07) is 9.44. The van der Waals surface area contributed by atoms with Gasteiger partial charge in [-0.15, -0.1) is 0 Å². The molecular weight excluding hydrogens is 384 g/mol. The molecule has 0 saturated carbocycles. The highest BCUT2D eigenvalue weighted by molar-refractivity contribution is 5.91. The zero-order chi connectivity index (χ0) is 22.5. The molecule has 2 atom stereocenters. The fraction of sp³-hybridized carbons (Fsp3) is 0.545. The summed E-state index contributed by atoms with van der Waals surface area (Å²) in [5.74, 6) is -0.603. The quantitative estimate of drug-likeness (QED) is 0.479. The summed E-state index contributed by atoms with van der Waals surface area (Å²) in [5, 5.41) is 16.5. The van der Waals surface area contributed by atoms with Gasteiger partial charge in [0.05, 0.1) is 6.07 Å². The number of amides is 3. The van der Waals surface area contributed by atoms with Crippen molar-refractivity contribution in [3.63, 3.8) is 0 Å². The van der Waals surface area contributed by atoms with Gasteiger partial charge >= 0.3 is 6.09 Å². The second kappa shape index (κ2) is 13.2. The molecule has 1 aromatic carbocycles. The van der Waals surface area contributed by atoms with Gasteiger partial charge in [0.1, 0.15) is 25.2 Å². The number of benzene rings is 1. The van der Waals surface area contributed by atoms with E-state index < -0.39 is 30.0 Å². The van der Waals surface area contributed by atoms with Crippen LogP contribution in [0.3, 0.4) is 0 Å². The van der Waals surface area contributed by atoms with E-state index in [1.807, 2.05) is 64.1 Å². The summed E-state index contributed by atoms with van der Waals surface area (Å²) in [6.45, 7) is 7.69. The summed E-state index contributed by atoms with van der Waals surface area (Å²) >= 11 is 0. The van der Waals surface area contributed by atoms with Crippen LogP contribution in [0.4, 0.5) is 4.79 Å². The van der Waals surface area contributed by atoms with E-state index >= 15 is 0 Å². The van der Waals surface area contributed by atoms with Gasteiger partial charge in [-0.05, 0) is 30.2 Å². The van der Waals surface area contributed by atoms with Crippen molar-refractivity contribution < 1.29 is 19.1 Å². The number of nitrogens with one attached hydrogen (secondary N) is 3. The molecule has 0 aromatic heterocycles. The van der Waals surface area contributed by atoms with Crippen LogP contribution in [0.2, 0.25) is 0 Å². The third-order valence-corrected chi connectivity index (χ3v) is 4.21. The summed E-state index contributed by atoms with van der Waals surface area (Å²) in [4.78, 5) is 37.4. The third-order valence-electron chi connectivity index (χ3n) is 4.21. The number of rotatable bonds is 11. The van der Waals surface area contributed by atoms with Crippen molar-refractivity contribution in [3.05, 3.63) is 35.9 Å².